The van der Waals surface area contributed by atoms with Crippen LogP contribution in [0.25, 0.3) is 0 Å². The number of carbonyl (C=O) groups is 2. The minimum Gasteiger partial charge on any atom is -0.756 e. The fourth-order valence-corrected chi connectivity index (χ4v) is 8.38. The number of likely N-dealkylation sites (N-methyl/N-ethyl adjacent to an activating group) is 1. The van der Waals surface area contributed by atoms with Gasteiger partial charge in [0.1, 0.15) is 19.8 Å². The van der Waals surface area contributed by atoms with Gasteiger partial charge in [0.15, 0.2) is 6.10 Å². The van der Waals surface area contributed by atoms with Crippen LogP contribution < -0.4 is 4.89 Å². The van der Waals surface area contributed by atoms with E-state index in [2.05, 4.69) is 196 Å². The highest BCUT2D eigenvalue weighted by atomic mass is 31.2. The lowest BCUT2D eigenvalue weighted by Crippen LogP contribution is -2.37. The van der Waals surface area contributed by atoms with Gasteiger partial charge in [-0.2, -0.15) is 0 Å². The number of nitrogens with zero attached hydrogens (tertiary/aromatic N) is 1. The molecule has 0 heterocycles. The summed E-state index contributed by atoms with van der Waals surface area (Å²) in [6.45, 7) is 3.93. The Morgan fingerprint density at radius 1 is 0.378 bits per heavy atom. The lowest BCUT2D eigenvalue weighted by molar-refractivity contribution is -0.870. The Morgan fingerprint density at radius 2 is 0.659 bits per heavy atom. The predicted molar refractivity (Wildman–Crippen MR) is 350 cm³/mol. The first-order valence-electron chi connectivity index (χ1n) is 31.5. The van der Waals surface area contributed by atoms with Crippen molar-refractivity contribution in [1.82, 2.24) is 0 Å². The number of unbranched alkanes of at least 4 members (excludes halogenated alkanes) is 11. The Balaban J connectivity index is 4.27. The zero-order valence-corrected chi connectivity index (χ0v) is 53.0. The third-order valence-corrected chi connectivity index (χ3v) is 13.4. The molecule has 0 aliphatic heterocycles. The summed E-state index contributed by atoms with van der Waals surface area (Å²) in [5, 5.41) is 0. The summed E-state index contributed by atoms with van der Waals surface area (Å²) < 4.78 is 34.1. The molecule has 0 fully saturated rings. The van der Waals surface area contributed by atoms with Crippen LogP contribution in [0.15, 0.2) is 182 Å². The number of phosphoric ester groups is 1. The second-order valence-electron chi connectivity index (χ2n) is 21.3. The van der Waals surface area contributed by atoms with Crippen molar-refractivity contribution in [2.24, 2.45) is 0 Å². The van der Waals surface area contributed by atoms with Crippen molar-refractivity contribution in [3.8, 4) is 0 Å². The molecule has 0 aromatic rings. The van der Waals surface area contributed by atoms with Gasteiger partial charge in [-0.15, -0.1) is 0 Å². The van der Waals surface area contributed by atoms with Crippen molar-refractivity contribution in [3.63, 3.8) is 0 Å². The molecule has 0 saturated carbocycles. The predicted octanol–water partition coefficient (Wildman–Crippen LogP) is 19.7. The average Bonchev–Trinajstić information content (AvgIpc) is 3.46. The van der Waals surface area contributed by atoms with Crippen LogP contribution in [0.3, 0.4) is 0 Å². The van der Waals surface area contributed by atoms with Gasteiger partial charge in [0.2, 0.25) is 0 Å². The minimum atomic E-state index is -4.66. The highest BCUT2D eigenvalue weighted by Gasteiger charge is 2.21. The molecule has 0 amide bonds. The molecule has 2 unspecified atom stereocenters. The molecule has 0 aromatic carbocycles. The second kappa shape index (κ2) is 60.7. The summed E-state index contributed by atoms with van der Waals surface area (Å²) in [7, 11) is 1.11. The zero-order chi connectivity index (χ0) is 59.8. The van der Waals surface area contributed by atoms with Gasteiger partial charge in [-0.3, -0.25) is 14.2 Å². The van der Waals surface area contributed by atoms with Crippen LogP contribution in [0.4, 0.5) is 0 Å². The molecule has 0 aliphatic carbocycles. The fourth-order valence-electron chi connectivity index (χ4n) is 7.65. The number of esters is 2. The van der Waals surface area contributed by atoms with Gasteiger partial charge < -0.3 is 27.9 Å². The standard InChI is InChI=1S/C72H114NO8P/c1-6-8-10-12-14-16-18-20-22-24-26-28-29-30-31-32-33-34-35-36-37-38-39-40-41-42-43-45-47-49-51-53-55-57-59-61-63-65-72(75)81-70(69-80-82(76,77)79-67-66-73(3,4)5)68-78-71(74)64-62-60-58-56-54-52-50-48-46-44-27-25-23-21-19-17-15-13-11-9-7-2/h8-11,14-17,20-23,26-28,30-31,33-34,36-37,39-40,42-44,47,49,53,55,70H,6-7,12-13,18-19,24-25,29,32,35,38,41,45-46,48,50-52,54,56-69H2,1-5H3/b10-8-,11-9-,16-14-,17-15-,22-20-,23-21-,28-26-,31-30-,34-33-,37-36-,40-39-,43-42-,44-27-,49-47-,55-53-. The molecular weight excluding hydrogens is 1040 g/mol. The van der Waals surface area contributed by atoms with E-state index in [0.717, 1.165) is 141 Å². The Labute approximate surface area is 501 Å². The van der Waals surface area contributed by atoms with E-state index in [1.54, 1.807) is 0 Å². The van der Waals surface area contributed by atoms with E-state index in [4.69, 9.17) is 18.5 Å². The average molecular weight is 1150 g/mol. The van der Waals surface area contributed by atoms with Gasteiger partial charge in [0.05, 0.1) is 27.7 Å². The summed E-state index contributed by atoms with van der Waals surface area (Å²) in [4.78, 5) is 37.9. The van der Waals surface area contributed by atoms with Crippen molar-refractivity contribution in [2.45, 2.75) is 213 Å². The molecule has 0 aliphatic rings. The third kappa shape index (κ3) is 64.3. The molecule has 0 radical (unpaired) electrons. The Hall–Kier alpha value is -4.89. The lowest BCUT2D eigenvalue weighted by atomic mass is 10.1. The van der Waals surface area contributed by atoms with Crippen LogP contribution in [0.1, 0.15) is 206 Å². The molecule has 460 valence electrons. The molecule has 82 heavy (non-hydrogen) atoms. The Morgan fingerprint density at radius 3 is 0.988 bits per heavy atom. The number of hydrogen-bond donors (Lipinski definition) is 0. The van der Waals surface area contributed by atoms with E-state index in [9.17, 15) is 19.0 Å². The van der Waals surface area contributed by atoms with Crippen molar-refractivity contribution in [3.05, 3.63) is 182 Å². The second-order valence-corrected chi connectivity index (χ2v) is 22.7. The molecule has 0 rings (SSSR count). The summed E-state index contributed by atoms with van der Waals surface area (Å²) in [6, 6.07) is 0. The van der Waals surface area contributed by atoms with Gasteiger partial charge in [0.25, 0.3) is 7.82 Å². The number of rotatable bonds is 55. The van der Waals surface area contributed by atoms with E-state index in [1.165, 1.54) is 25.7 Å². The van der Waals surface area contributed by atoms with E-state index in [-0.39, 0.29) is 26.1 Å². The first-order valence-corrected chi connectivity index (χ1v) is 33.0. The quantitative estimate of drug-likeness (QED) is 0.0195. The topological polar surface area (TPSA) is 111 Å². The van der Waals surface area contributed by atoms with Crippen LogP contribution in [-0.4, -0.2) is 70.0 Å². The maximum Gasteiger partial charge on any atom is 0.306 e. The maximum absolute atomic E-state index is 12.8. The fraction of sp³-hybridized carbons (Fsp3) is 0.556. The molecule has 9 nitrogen and oxygen atoms in total. The lowest BCUT2D eigenvalue weighted by Gasteiger charge is -2.28. The van der Waals surface area contributed by atoms with Crippen LogP contribution in [0.5, 0.6) is 0 Å². The van der Waals surface area contributed by atoms with Gasteiger partial charge >= 0.3 is 11.9 Å². The summed E-state index contributed by atoms with van der Waals surface area (Å²) >= 11 is 0. The van der Waals surface area contributed by atoms with Crippen LogP contribution in [-0.2, 0) is 32.7 Å². The summed E-state index contributed by atoms with van der Waals surface area (Å²) in [5.41, 5.74) is 0. The molecule has 0 bridgehead atoms. The Kier molecular flexibility index (Phi) is 57.1. The number of quaternary nitrogens is 1. The number of allylic oxidation sites excluding steroid dienone is 30. The highest BCUT2D eigenvalue weighted by molar-refractivity contribution is 7.45. The molecule has 0 N–H and O–H groups in total. The summed E-state index contributed by atoms with van der Waals surface area (Å²) in [5.74, 6) is -0.897. The van der Waals surface area contributed by atoms with E-state index < -0.39 is 32.5 Å². The molecule has 0 aromatic heterocycles. The highest BCUT2D eigenvalue weighted by Crippen LogP contribution is 2.38. The summed E-state index contributed by atoms with van der Waals surface area (Å²) in [6.07, 6.45) is 93.8. The molecular formula is C72H114NO8P. The van der Waals surface area contributed by atoms with E-state index in [1.807, 2.05) is 21.1 Å². The molecule has 10 heteroatoms. The molecule has 2 atom stereocenters. The van der Waals surface area contributed by atoms with E-state index >= 15 is 0 Å². The number of ether oxygens (including phenoxy) is 2. The Bertz CT molecular complexity index is 2030. The van der Waals surface area contributed by atoms with Crippen LogP contribution in [0, 0.1) is 0 Å². The van der Waals surface area contributed by atoms with Gasteiger partial charge in [0, 0.05) is 12.8 Å². The first-order chi connectivity index (χ1) is 40.0. The number of carbonyl (C=O) groups excluding carboxylic acids is 2. The minimum absolute atomic E-state index is 0.0499. The molecule has 0 saturated heterocycles. The van der Waals surface area contributed by atoms with Gasteiger partial charge in [-0.1, -0.05) is 241 Å². The van der Waals surface area contributed by atoms with Crippen molar-refractivity contribution < 1.29 is 42.1 Å². The number of hydrogen-bond acceptors (Lipinski definition) is 8. The van der Waals surface area contributed by atoms with Crippen molar-refractivity contribution in [2.75, 3.05) is 47.5 Å². The normalized spacial score (nSPS) is 14.5. The van der Waals surface area contributed by atoms with Crippen molar-refractivity contribution >= 4 is 19.8 Å². The first kappa shape index (κ1) is 77.1. The largest absolute Gasteiger partial charge is 0.756 e. The van der Waals surface area contributed by atoms with Crippen molar-refractivity contribution in [1.29, 1.82) is 0 Å². The zero-order valence-electron chi connectivity index (χ0n) is 52.1. The third-order valence-electron chi connectivity index (χ3n) is 12.4. The SMILES string of the molecule is CC/C=C\C/C=C\C/C=C\C/C=C\C/C=C\C/C=C\C/C=C\C/C=C\C/C=C\C/C=C\C/C=C\CCCCCC(=O)OC(COC(=O)CCCCCCCCCC/C=C\C/C=C\C/C=C\C/C=C\CC)COP(=O)([O-])OCC[N+](C)(C)C. The monoisotopic (exact) mass is 1150 g/mol. The van der Waals surface area contributed by atoms with E-state index in [0.29, 0.717) is 23.9 Å². The smallest absolute Gasteiger partial charge is 0.306 e. The maximum atomic E-state index is 12.8. The van der Waals surface area contributed by atoms with Crippen LogP contribution >= 0.6 is 7.82 Å². The molecule has 0 spiro atoms. The number of phosphoric acid groups is 1. The van der Waals surface area contributed by atoms with Gasteiger partial charge in [-0.25, -0.2) is 0 Å². The van der Waals surface area contributed by atoms with Crippen LogP contribution in [0.2, 0.25) is 0 Å². The van der Waals surface area contributed by atoms with Gasteiger partial charge in [-0.05, 0) is 135 Å².